The Hall–Kier alpha value is -1.56. The van der Waals surface area contributed by atoms with Crippen molar-refractivity contribution in [3.63, 3.8) is 0 Å². The van der Waals surface area contributed by atoms with Gasteiger partial charge in [-0.25, -0.2) is 0 Å². The van der Waals surface area contributed by atoms with Gasteiger partial charge in [-0.15, -0.1) is 0 Å². The number of hydrogen-bond acceptors (Lipinski definition) is 4. The molecule has 2 aliphatic heterocycles. The van der Waals surface area contributed by atoms with Crippen molar-refractivity contribution < 1.29 is 19.2 Å². The summed E-state index contributed by atoms with van der Waals surface area (Å²) < 4.78 is 1.28. The Morgan fingerprint density at radius 3 is 1.32 bits per heavy atom. The Bertz CT molecular complexity index is 1210. The number of imide groups is 2. The van der Waals surface area contributed by atoms with Crippen LogP contribution in [0.3, 0.4) is 0 Å². The first-order valence-corrected chi connectivity index (χ1v) is 16.1. The van der Waals surface area contributed by atoms with Gasteiger partial charge in [-0.2, -0.15) is 0 Å². The Kier molecular flexibility index (Phi) is 9.53. The van der Waals surface area contributed by atoms with Crippen LogP contribution in [0.5, 0.6) is 0 Å². The van der Waals surface area contributed by atoms with Gasteiger partial charge in [0, 0.05) is 42.1 Å². The topological polar surface area (TPSA) is 74.8 Å². The lowest BCUT2D eigenvalue weighted by Gasteiger charge is -2.35. The molecule has 6 nitrogen and oxygen atoms in total. The fourth-order valence-electron chi connectivity index (χ4n) is 5.75. The van der Waals surface area contributed by atoms with Crippen LogP contribution in [0.4, 0.5) is 0 Å². The second-order valence-corrected chi connectivity index (χ2v) is 12.9. The van der Waals surface area contributed by atoms with E-state index < -0.39 is 0 Å². The number of carbonyl (C=O) groups excluding carboxylic acids is 4. The van der Waals surface area contributed by atoms with Gasteiger partial charge in [0.1, 0.15) is 0 Å². The number of rotatable bonds is 12. The number of halogens is 2. The molecule has 4 rings (SSSR count). The molecule has 0 saturated carbocycles. The summed E-state index contributed by atoms with van der Waals surface area (Å²) in [4.78, 5) is 57.9. The summed E-state index contributed by atoms with van der Waals surface area (Å²) in [6.07, 6.45) is 7.96. The third-order valence-electron chi connectivity index (χ3n) is 8.15. The zero-order valence-electron chi connectivity index (χ0n) is 22.7. The van der Waals surface area contributed by atoms with Crippen LogP contribution < -0.4 is 0 Å². The molecule has 2 aromatic rings. The highest BCUT2D eigenvalue weighted by molar-refractivity contribution is 14.1. The predicted octanol–water partition coefficient (Wildman–Crippen LogP) is 7.67. The summed E-state index contributed by atoms with van der Waals surface area (Å²) in [5.41, 5.74) is 1.70. The summed E-state index contributed by atoms with van der Waals surface area (Å²) in [5, 5.41) is 0.934. The summed E-state index contributed by atoms with van der Waals surface area (Å²) in [6, 6.07) is 3.49. The van der Waals surface area contributed by atoms with Crippen molar-refractivity contribution >= 4 is 79.6 Å². The molecule has 0 radical (unpaired) electrons. The van der Waals surface area contributed by atoms with Crippen molar-refractivity contribution in [3.05, 3.63) is 41.5 Å². The van der Waals surface area contributed by atoms with E-state index in [2.05, 4.69) is 72.9 Å². The van der Waals surface area contributed by atoms with Gasteiger partial charge in [-0.1, -0.05) is 66.2 Å². The minimum atomic E-state index is -0.331. The molecule has 0 aromatic heterocycles. The molecule has 0 N–H and O–H groups in total. The van der Waals surface area contributed by atoms with Gasteiger partial charge in [-0.3, -0.25) is 29.0 Å². The van der Waals surface area contributed by atoms with E-state index in [1.54, 1.807) is 12.1 Å². The Balaban J connectivity index is 1.82. The fourth-order valence-corrected chi connectivity index (χ4v) is 7.38. The molecule has 0 aliphatic carbocycles. The van der Waals surface area contributed by atoms with Crippen LogP contribution in [0.15, 0.2) is 12.1 Å². The highest BCUT2D eigenvalue weighted by atomic mass is 127. The van der Waals surface area contributed by atoms with Crippen LogP contribution in [0, 0.1) is 19.0 Å². The molecule has 0 saturated heterocycles. The van der Waals surface area contributed by atoms with E-state index in [1.165, 1.54) is 9.80 Å². The second kappa shape index (κ2) is 12.3. The van der Waals surface area contributed by atoms with Gasteiger partial charge in [-0.05, 0) is 82.0 Å². The average Bonchev–Trinajstić information content (AvgIpc) is 2.90. The average molecular weight is 742 g/mol. The van der Waals surface area contributed by atoms with Gasteiger partial charge in [0.15, 0.2) is 0 Å². The zero-order chi connectivity index (χ0) is 27.7. The minimum Gasteiger partial charge on any atom is -0.274 e. The van der Waals surface area contributed by atoms with Crippen LogP contribution in [0.25, 0.3) is 10.8 Å². The van der Waals surface area contributed by atoms with Crippen LogP contribution >= 0.6 is 45.2 Å². The lowest BCUT2D eigenvalue weighted by Crippen LogP contribution is -2.46. The summed E-state index contributed by atoms with van der Waals surface area (Å²) in [6.45, 7) is 9.24. The molecule has 38 heavy (non-hydrogen) atoms. The van der Waals surface area contributed by atoms with Crippen LogP contribution in [0.1, 0.15) is 120 Å². The number of amides is 4. The minimum absolute atomic E-state index is 0.241. The number of benzene rings is 2. The van der Waals surface area contributed by atoms with E-state index in [1.807, 2.05) is 0 Å². The number of nitrogens with zero attached hydrogens (tertiary/aromatic N) is 2. The molecule has 2 heterocycles. The van der Waals surface area contributed by atoms with E-state index in [0.717, 1.165) is 51.4 Å². The van der Waals surface area contributed by atoms with Crippen molar-refractivity contribution in [1.82, 2.24) is 9.80 Å². The van der Waals surface area contributed by atoms with Crippen molar-refractivity contribution in [2.45, 2.75) is 79.1 Å². The monoisotopic (exact) mass is 742 g/mol. The third kappa shape index (κ3) is 5.15. The smallest absolute Gasteiger partial charge is 0.262 e. The first-order chi connectivity index (χ1) is 18.2. The molecular formula is C30H36I2N2O4. The molecule has 2 unspecified atom stereocenters. The molecule has 2 atom stereocenters. The maximum Gasteiger partial charge on any atom is 0.262 e. The lowest BCUT2D eigenvalue weighted by molar-refractivity contribution is 0.0557. The first-order valence-electron chi connectivity index (χ1n) is 13.9. The Labute approximate surface area is 252 Å². The summed E-state index contributed by atoms with van der Waals surface area (Å²) in [5.74, 6) is -0.831. The molecule has 0 bridgehead atoms. The van der Waals surface area contributed by atoms with Crippen molar-refractivity contribution in [2.75, 3.05) is 13.1 Å². The van der Waals surface area contributed by atoms with E-state index in [0.29, 0.717) is 53.3 Å². The maximum absolute atomic E-state index is 13.8. The van der Waals surface area contributed by atoms with Gasteiger partial charge >= 0.3 is 0 Å². The molecule has 8 heteroatoms. The van der Waals surface area contributed by atoms with Gasteiger partial charge in [0.25, 0.3) is 23.6 Å². The van der Waals surface area contributed by atoms with E-state index in [4.69, 9.17) is 0 Å². The Morgan fingerprint density at radius 2 is 1.00 bits per heavy atom. The molecule has 0 spiro atoms. The third-order valence-corrected chi connectivity index (χ3v) is 9.85. The van der Waals surface area contributed by atoms with Gasteiger partial charge in [0.2, 0.25) is 0 Å². The quantitative estimate of drug-likeness (QED) is 0.165. The predicted molar refractivity (Wildman–Crippen MR) is 167 cm³/mol. The van der Waals surface area contributed by atoms with E-state index >= 15 is 0 Å². The number of unbranched alkanes of at least 4 members (excludes halogenated alkanes) is 2. The highest BCUT2D eigenvalue weighted by Gasteiger charge is 2.42. The zero-order valence-corrected chi connectivity index (χ0v) is 27.0. The van der Waals surface area contributed by atoms with Crippen molar-refractivity contribution in [1.29, 1.82) is 0 Å². The van der Waals surface area contributed by atoms with Crippen LogP contribution in [-0.2, 0) is 0 Å². The van der Waals surface area contributed by atoms with Crippen molar-refractivity contribution in [3.8, 4) is 0 Å². The first kappa shape index (κ1) is 29.4. The van der Waals surface area contributed by atoms with Crippen LogP contribution in [-0.4, -0.2) is 46.5 Å². The standard InChI is InChI=1S/C30H36I2N2O4/c1-5-9-11-17(7-3)15-33-27(35)19-13-22(32)26-24-20(14-21(31)25(23(19)24)29(33)37)28(36)34(30(26)38)16-18(8-4)12-10-6-2/h13-14,17-18H,5-12,15-16H2,1-4H3. The normalized spacial score (nSPS) is 16.6. The Morgan fingerprint density at radius 1 is 0.632 bits per heavy atom. The molecule has 2 aliphatic rings. The number of hydrogen-bond donors (Lipinski definition) is 0. The van der Waals surface area contributed by atoms with Gasteiger partial charge in [0.05, 0.1) is 11.1 Å². The van der Waals surface area contributed by atoms with Crippen LogP contribution in [0.2, 0.25) is 0 Å². The maximum atomic E-state index is 13.8. The summed E-state index contributed by atoms with van der Waals surface area (Å²) in [7, 11) is 0. The highest BCUT2D eigenvalue weighted by Crippen LogP contribution is 2.42. The van der Waals surface area contributed by atoms with Gasteiger partial charge < -0.3 is 0 Å². The molecule has 2 aromatic carbocycles. The molecule has 0 fully saturated rings. The largest absolute Gasteiger partial charge is 0.274 e. The summed E-state index contributed by atoms with van der Waals surface area (Å²) >= 11 is 4.22. The number of carbonyl (C=O) groups is 4. The molecular weight excluding hydrogens is 706 g/mol. The molecule has 204 valence electrons. The lowest BCUT2D eigenvalue weighted by atomic mass is 9.85. The fraction of sp³-hybridized carbons (Fsp3) is 0.533. The van der Waals surface area contributed by atoms with E-state index in [9.17, 15) is 19.2 Å². The molecule has 4 amide bonds. The van der Waals surface area contributed by atoms with Crippen molar-refractivity contribution in [2.24, 2.45) is 11.8 Å². The second-order valence-electron chi connectivity index (χ2n) is 10.6. The SMILES string of the molecule is CCCCC(CC)CN1C(=O)c2cc(I)c3c4c(cc(I)c(c24)C1=O)C(=O)N(CC(CC)CCCC)C3=O. The van der Waals surface area contributed by atoms with E-state index in [-0.39, 0.29) is 35.5 Å².